The van der Waals surface area contributed by atoms with Crippen molar-refractivity contribution in [3.8, 4) is 0 Å². The molecule has 0 aromatic carbocycles. The molecule has 1 atom stereocenters. The lowest BCUT2D eigenvalue weighted by molar-refractivity contribution is -0.143. The fraction of sp³-hybridized carbons (Fsp3) is 0.667. The predicted molar refractivity (Wildman–Crippen MR) is 36.6 cm³/mol. The molecule has 1 amide bonds. The van der Waals surface area contributed by atoms with Crippen LogP contribution in [-0.2, 0) is 9.59 Å². The highest BCUT2D eigenvalue weighted by molar-refractivity contribution is 5.83. The standard InChI is InChI=1S/C6H10N2O3/c7-4-1-2-5(9)8(4)3-6(10)11/h4H,1-3,7H2,(H,10,11)/t4-/m0/s1. The Morgan fingerprint density at radius 3 is 2.82 bits per heavy atom. The van der Waals surface area contributed by atoms with E-state index < -0.39 is 12.1 Å². The number of carbonyl (C=O) groups is 2. The third kappa shape index (κ3) is 1.68. The topological polar surface area (TPSA) is 83.6 Å². The first-order valence-corrected chi connectivity index (χ1v) is 3.38. The van der Waals surface area contributed by atoms with Gasteiger partial charge >= 0.3 is 5.97 Å². The largest absolute Gasteiger partial charge is 0.480 e. The minimum Gasteiger partial charge on any atom is -0.480 e. The zero-order valence-electron chi connectivity index (χ0n) is 5.99. The quantitative estimate of drug-likeness (QED) is 0.538. The molecule has 0 bridgehead atoms. The number of rotatable bonds is 2. The van der Waals surface area contributed by atoms with Crippen LogP contribution in [0, 0.1) is 0 Å². The average molecular weight is 158 g/mol. The van der Waals surface area contributed by atoms with Gasteiger partial charge in [-0.25, -0.2) is 0 Å². The first-order chi connectivity index (χ1) is 5.11. The third-order valence-corrected chi connectivity index (χ3v) is 1.68. The lowest BCUT2D eigenvalue weighted by Gasteiger charge is -2.18. The van der Waals surface area contributed by atoms with Gasteiger partial charge < -0.3 is 15.7 Å². The summed E-state index contributed by atoms with van der Waals surface area (Å²) in [5, 5.41) is 8.36. The SMILES string of the molecule is N[C@@H]1CCC(=O)N1CC(=O)O. The molecule has 0 aromatic heterocycles. The van der Waals surface area contributed by atoms with Gasteiger partial charge in [0.2, 0.25) is 5.91 Å². The summed E-state index contributed by atoms with van der Waals surface area (Å²) >= 11 is 0. The number of carboxylic acid groups (broad SMARTS) is 1. The lowest BCUT2D eigenvalue weighted by atomic mass is 10.3. The molecule has 1 heterocycles. The minimum atomic E-state index is -1.02. The summed E-state index contributed by atoms with van der Waals surface area (Å²) in [7, 11) is 0. The molecule has 62 valence electrons. The third-order valence-electron chi connectivity index (χ3n) is 1.68. The Hall–Kier alpha value is -1.10. The molecule has 0 saturated carbocycles. The molecule has 0 radical (unpaired) electrons. The van der Waals surface area contributed by atoms with Crippen molar-refractivity contribution in [3.63, 3.8) is 0 Å². The fourth-order valence-electron chi connectivity index (χ4n) is 1.11. The molecule has 1 fully saturated rings. The van der Waals surface area contributed by atoms with Crippen LogP contribution >= 0.6 is 0 Å². The van der Waals surface area contributed by atoms with Gasteiger partial charge in [-0.2, -0.15) is 0 Å². The average Bonchev–Trinajstić information content (AvgIpc) is 2.18. The van der Waals surface area contributed by atoms with Gasteiger partial charge in [-0.1, -0.05) is 0 Å². The van der Waals surface area contributed by atoms with E-state index in [1.807, 2.05) is 0 Å². The van der Waals surface area contributed by atoms with Crippen LogP contribution in [0.25, 0.3) is 0 Å². The summed E-state index contributed by atoms with van der Waals surface area (Å²) < 4.78 is 0. The molecule has 0 aromatic rings. The highest BCUT2D eigenvalue weighted by Crippen LogP contribution is 2.13. The first kappa shape index (κ1) is 8.00. The van der Waals surface area contributed by atoms with E-state index in [1.165, 1.54) is 4.90 Å². The minimum absolute atomic E-state index is 0.167. The van der Waals surface area contributed by atoms with Crippen molar-refractivity contribution in [3.05, 3.63) is 0 Å². The van der Waals surface area contributed by atoms with Crippen molar-refractivity contribution in [1.82, 2.24) is 4.90 Å². The van der Waals surface area contributed by atoms with Gasteiger partial charge in [-0.05, 0) is 6.42 Å². The Balaban J connectivity index is 2.54. The van der Waals surface area contributed by atoms with Crippen molar-refractivity contribution in [2.75, 3.05) is 6.54 Å². The number of likely N-dealkylation sites (tertiary alicyclic amines) is 1. The van der Waals surface area contributed by atoms with Crippen LogP contribution in [0.4, 0.5) is 0 Å². The maximum Gasteiger partial charge on any atom is 0.323 e. The van der Waals surface area contributed by atoms with Gasteiger partial charge in [0.1, 0.15) is 6.54 Å². The van der Waals surface area contributed by atoms with Gasteiger partial charge in [0.05, 0.1) is 6.17 Å². The van der Waals surface area contributed by atoms with Crippen LogP contribution < -0.4 is 5.73 Å². The van der Waals surface area contributed by atoms with E-state index in [4.69, 9.17) is 10.8 Å². The first-order valence-electron chi connectivity index (χ1n) is 3.38. The molecule has 1 saturated heterocycles. The Morgan fingerprint density at radius 2 is 2.45 bits per heavy atom. The number of carboxylic acids is 1. The zero-order chi connectivity index (χ0) is 8.43. The summed E-state index contributed by atoms with van der Waals surface area (Å²) in [5.41, 5.74) is 5.46. The molecule has 5 nitrogen and oxygen atoms in total. The molecule has 0 spiro atoms. The van der Waals surface area contributed by atoms with E-state index in [-0.39, 0.29) is 12.5 Å². The van der Waals surface area contributed by atoms with Crippen LogP contribution in [0.2, 0.25) is 0 Å². The fourth-order valence-corrected chi connectivity index (χ4v) is 1.11. The van der Waals surface area contributed by atoms with Crippen molar-refractivity contribution >= 4 is 11.9 Å². The van der Waals surface area contributed by atoms with Crippen LogP contribution in [0.3, 0.4) is 0 Å². The van der Waals surface area contributed by atoms with Crippen molar-refractivity contribution in [2.45, 2.75) is 19.0 Å². The number of aliphatic carboxylic acids is 1. The van der Waals surface area contributed by atoms with Gasteiger partial charge in [0.15, 0.2) is 0 Å². The van der Waals surface area contributed by atoms with E-state index in [9.17, 15) is 9.59 Å². The van der Waals surface area contributed by atoms with Crippen molar-refractivity contribution in [1.29, 1.82) is 0 Å². The molecular formula is C6H10N2O3. The Labute approximate surface area is 63.8 Å². The number of amides is 1. The summed E-state index contributed by atoms with van der Waals surface area (Å²) in [6.45, 7) is -0.278. The molecule has 11 heavy (non-hydrogen) atoms. The molecular weight excluding hydrogens is 148 g/mol. The number of nitrogens with zero attached hydrogens (tertiary/aromatic N) is 1. The number of hydrogen-bond donors (Lipinski definition) is 2. The van der Waals surface area contributed by atoms with Gasteiger partial charge in [0, 0.05) is 6.42 Å². The van der Waals surface area contributed by atoms with Gasteiger partial charge in [-0.3, -0.25) is 9.59 Å². The second kappa shape index (κ2) is 2.87. The van der Waals surface area contributed by atoms with E-state index in [0.29, 0.717) is 12.8 Å². The second-order valence-corrected chi connectivity index (χ2v) is 2.52. The maximum atomic E-state index is 10.9. The Bertz CT molecular complexity index is 192. The molecule has 0 unspecified atom stereocenters. The van der Waals surface area contributed by atoms with E-state index in [2.05, 4.69) is 0 Å². The van der Waals surface area contributed by atoms with Crippen LogP contribution in [0.5, 0.6) is 0 Å². The lowest BCUT2D eigenvalue weighted by Crippen LogP contribution is -2.42. The molecule has 3 N–H and O–H groups in total. The van der Waals surface area contributed by atoms with Gasteiger partial charge in [0.25, 0.3) is 0 Å². The van der Waals surface area contributed by atoms with E-state index in [1.54, 1.807) is 0 Å². The van der Waals surface area contributed by atoms with Crippen LogP contribution in [0.1, 0.15) is 12.8 Å². The van der Waals surface area contributed by atoms with E-state index in [0.717, 1.165) is 0 Å². The highest BCUT2D eigenvalue weighted by atomic mass is 16.4. The highest BCUT2D eigenvalue weighted by Gasteiger charge is 2.29. The maximum absolute atomic E-state index is 10.9. The van der Waals surface area contributed by atoms with Crippen LogP contribution in [0.15, 0.2) is 0 Å². The Morgan fingerprint density at radius 1 is 1.82 bits per heavy atom. The molecule has 0 aliphatic carbocycles. The van der Waals surface area contributed by atoms with Crippen LogP contribution in [-0.4, -0.2) is 34.6 Å². The second-order valence-electron chi connectivity index (χ2n) is 2.52. The monoisotopic (exact) mass is 158 g/mol. The predicted octanol–water partition coefficient (Wildman–Crippen LogP) is -1.02. The molecule has 5 heteroatoms. The summed E-state index contributed by atoms with van der Waals surface area (Å²) in [6, 6.07) is 0. The Kier molecular flexibility index (Phi) is 2.09. The molecule has 1 aliphatic heterocycles. The number of hydrogen-bond acceptors (Lipinski definition) is 3. The summed E-state index contributed by atoms with van der Waals surface area (Å²) in [4.78, 5) is 22.3. The van der Waals surface area contributed by atoms with E-state index >= 15 is 0 Å². The van der Waals surface area contributed by atoms with Gasteiger partial charge in [-0.15, -0.1) is 0 Å². The van der Waals surface area contributed by atoms with Crippen molar-refractivity contribution < 1.29 is 14.7 Å². The molecule has 1 aliphatic rings. The normalized spacial score (nSPS) is 24.3. The van der Waals surface area contributed by atoms with Crippen molar-refractivity contribution in [2.24, 2.45) is 5.73 Å². The zero-order valence-corrected chi connectivity index (χ0v) is 5.99. The number of carbonyl (C=O) groups excluding carboxylic acids is 1. The summed E-state index contributed by atoms with van der Waals surface area (Å²) in [6.07, 6.45) is 0.527. The smallest absolute Gasteiger partial charge is 0.323 e. The summed E-state index contributed by atoms with van der Waals surface area (Å²) in [5.74, 6) is -1.18. The molecule has 1 rings (SSSR count). The number of nitrogens with two attached hydrogens (primary N) is 1.